The largest absolute Gasteiger partial charge is 0.445 e. The molecule has 168 valence electrons. The number of esters is 1. The van der Waals surface area contributed by atoms with Gasteiger partial charge in [-0.1, -0.05) is 43.7 Å². The van der Waals surface area contributed by atoms with E-state index in [2.05, 4.69) is 5.32 Å². The van der Waals surface area contributed by atoms with Crippen LogP contribution in [0.3, 0.4) is 0 Å². The first-order chi connectivity index (χ1) is 15.3. The van der Waals surface area contributed by atoms with E-state index in [1.165, 1.54) is 0 Å². The van der Waals surface area contributed by atoms with E-state index in [0.29, 0.717) is 34.9 Å². The van der Waals surface area contributed by atoms with Gasteiger partial charge >= 0.3 is 17.7 Å². The van der Waals surface area contributed by atoms with E-state index in [0.717, 1.165) is 11.1 Å². The summed E-state index contributed by atoms with van der Waals surface area (Å²) in [4.78, 5) is 37.3. The third kappa shape index (κ3) is 5.35. The number of rotatable bonds is 7. The highest BCUT2D eigenvalue weighted by molar-refractivity contribution is 5.92. The molecule has 1 aromatic heterocycles. The van der Waals surface area contributed by atoms with Crippen molar-refractivity contribution in [2.75, 3.05) is 0 Å². The molecule has 0 bridgehead atoms. The Morgan fingerprint density at radius 3 is 2.47 bits per heavy atom. The zero-order valence-corrected chi connectivity index (χ0v) is 18.7. The molecule has 0 fully saturated rings. The maximum absolute atomic E-state index is 12.9. The summed E-state index contributed by atoms with van der Waals surface area (Å²) in [6, 6.07) is 11.8. The number of ether oxygens (including phenoxy) is 2. The molecule has 0 saturated heterocycles. The van der Waals surface area contributed by atoms with Crippen molar-refractivity contribution < 1.29 is 23.5 Å². The molecule has 1 atom stereocenters. The maximum atomic E-state index is 12.9. The summed E-state index contributed by atoms with van der Waals surface area (Å²) in [6.45, 7) is 7.26. The van der Waals surface area contributed by atoms with Gasteiger partial charge < -0.3 is 19.2 Å². The van der Waals surface area contributed by atoms with E-state index in [9.17, 15) is 14.4 Å². The van der Waals surface area contributed by atoms with Crippen molar-refractivity contribution in [3.8, 4) is 5.75 Å². The van der Waals surface area contributed by atoms with Crippen LogP contribution in [0.2, 0.25) is 0 Å². The van der Waals surface area contributed by atoms with Gasteiger partial charge in [0.2, 0.25) is 0 Å². The Kier molecular flexibility index (Phi) is 7.30. The molecule has 0 radical (unpaired) electrons. The van der Waals surface area contributed by atoms with Gasteiger partial charge in [-0.05, 0) is 56.0 Å². The number of carbonyl (C=O) groups excluding carboxylic acids is 2. The SMILES string of the molecule is CCCC(NC(=O)OCc1ccccc1)C(=O)Oc1cc(C)cc2oc(=O)c(C)c(C)c12. The van der Waals surface area contributed by atoms with Gasteiger partial charge in [-0.3, -0.25) is 0 Å². The second-order valence-corrected chi connectivity index (χ2v) is 7.74. The third-order valence-corrected chi connectivity index (χ3v) is 5.23. The Balaban J connectivity index is 1.78. The number of fused-ring (bicyclic) bond motifs is 1. The summed E-state index contributed by atoms with van der Waals surface area (Å²) in [6.07, 6.45) is 0.340. The Morgan fingerprint density at radius 1 is 1.06 bits per heavy atom. The highest BCUT2D eigenvalue weighted by Gasteiger charge is 2.24. The highest BCUT2D eigenvalue weighted by atomic mass is 16.6. The molecule has 1 amide bonds. The van der Waals surface area contributed by atoms with Crippen LogP contribution in [0.15, 0.2) is 51.7 Å². The van der Waals surface area contributed by atoms with Crippen LogP contribution in [-0.4, -0.2) is 18.1 Å². The lowest BCUT2D eigenvalue weighted by Crippen LogP contribution is -2.43. The van der Waals surface area contributed by atoms with Crippen molar-refractivity contribution in [2.45, 2.75) is 53.2 Å². The van der Waals surface area contributed by atoms with E-state index < -0.39 is 23.7 Å². The van der Waals surface area contributed by atoms with Gasteiger partial charge in [-0.15, -0.1) is 0 Å². The summed E-state index contributed by atoms with van der Waals surface area (Å²) in [7, 11) is 0. The molecule has 32 heavy (non-hydrogen) atoms. The van der Waals surface area contributed by atoms with Gasteiger partial charge in [0.15, 0.2) is 0 Å². The predicted octanol–water partition coefficient (Wildman–Crippen LogP) is 4.72. The molecule has 0 aliphatic heterocycles. The van der Waals surface area contributed by atoms with E-state index in [-0.39, 0.29) is 12.4 Å². The minimum Gasteiger partial charge on any atom is -0.445 e. The van der Waals surface area contributed by atoms with Gasteiger partial charge in [0, 0.05) is 5.56 Å². The van der Waals surface area contributed by atoms with Gasteiger partial charge in [0.05, 0.1) is 5.39 Å². The summed E-state index contributed by atoms with van der Waals surface area (Å²) in [5, 5.41) is 3.16. The van der Waals surface area contributed by atoms with Crippen molar-refractivity contribution >= 4 is 23.0 Å². The summed E-state index contributed by atoms with van der Waals surface area (Å²) < 4.78 is 16.3. The normalized spacial score (nSPS) is 11.8. The molecule has 0 aliphatic rings. The second-order valence-electron chi connectivity index (χ2n) is 7.74. The number of carbonyl (C=O) groups is 2. The van der Waals surface area contributed by atoms with E-state index in [1.807, 2.05) is 44.2 Å². The number of alkyl carbamates (subject to hydrolysis) is 1. The van der Waals surface area contributed by atoms with Crippen molar-refractivity contribution in [2.24, 2.45) is 0 Å². The lowest BCUT2D eigenvalue weighted by molar-refractivity contribution is -0.136. The van der Waals surface area contributed by atoms with Gasteiger partial charge in [0.1, 0.15) is 24.0 Å². The monoisotopic (exact) mass is 437 g/mol. The van der Waals surface area contributed by atoms with Crippen LogP contribution in [-0.2, 0) is 16.1 Å². The van der Waals surface area contributed by atoms with Crippen LogP contribution in [0, 0.1) is 20.8 Å². The number of aryl methyl sites for hydroxylation is 2. The van der Waals surface area contributed by atoms with Gasteiger partial charge in [-0.2, -0.15) is 0 Å². The lowest BCUT2D eigenvalue weighted by Gasteiger charge is -2.18. The minimum absolute atomic E-state index is 0.0978. The number of hydrogen-bond donors (Lipinski definition) is 1. The molecule has 3 rings (SSSR count). The number of amides is 1. The average molecular weight is 437 g/mol. The molecule has 1 unspecified atom stereocenters. The number of nitrogens with one attached hydrogen (secondary N) is 1. The molecule has 7 nitrogen and oxygen atoms in total. The Morgan fingerprint density at radius 2 is 1.78 bits per heavy atom. The molecule has 2 aromatic carbocycles. The number of hydrogen-bond acceptors (Lipinski definition) is 6. The summed E-state index contributed by atoms with van der Waals surface area (Å²) in [5.74, 6) is -0.325. The van der Waals surface area contributed by atoms with Gasteiger partial charge in [0.25, 0.3) is 0 Å². The zero-order valence-electron chi connectivity index (χ0n) is 18.7. The third-order valence-electron chi connectivity index (χ3n) is 5.23. The van der Waals surface area contributed by atoms with Crippen molar-refractivity contribution in [3.63, 3.8) is 0 Å². The molecule has 1 N–H and O–H groups in total. The fraction of sp³-hybridized carbons (Fsp3) is 0.320. The van der Waals surface area contributed by atoms with Crippen LogP contribution >= 0.6 is 0 Å². The molecule has 0 aliphatic carbocycles. The van der Waals surface area contributed by atoms with Crippen LogP contribution in [0.25, 0.3) is 11.0 Å². The van der Waals surface area contributed by atoms with Crippen molar-refractivity contribution in [1.82, 2.24) is 5.32 Å². The lowest BCUT2D eigenvalue weighted by atomic mass is 10.0. The molecule has 0 spiro atoms. The van der Waals surface area contributed by atoms with E-state index in [4.69, 9.17) is 13.9 Å². The Hall–Kier alpha value is -3.61. The zero-order chi connectivity index (χ0) is 23.3. The Bertz CT molecular complexity index is 1180. The van der Waals surface area contributed by atoms with Crippen LogP contribution in [0.5, 0.6) is 5.75 Å². The number of benzene rings is 2. The fourth-order valence-electron chi connectivity index (χ4n) is 3.39. The first-order valence-electron chi connectivity index (χ1n) is 10.5. The van der Waals surface area contributed by atoms with E-state index in [1.54, 1.807) is 26.0 Å². The fourth-order valence-corrected chi connectivity index (χ4v) is 3.39. The molecular weight excluding hydrogens is 410 g/mol. The molecule has 0 saturated carbocycles. The Labute approximate surface area is 186 Å². The first kappa shape index (κ1) is 23.1. The van der Waals surface area contributed by atoms with Crippen molar-refractivity contribution in [3.05, 3.63) is 75.1 Å². The molecule has 7 heteroatoms. The van der Waals surface area contributed by atoms with Crippen LogP contribution < -0.4 is 15.7 Å². The van der Waals surface area contributed by atoms with E-state index >= 15 is 0 Å². The predicted molar refractivity (Wildman–Crippen MR) is 121 cm³/mol. The van der Waals surface area contributed by atoms with Crippen LogP contribution in [0.1, 0.15) is 42.0 Å². The molecule has 1 heterocycles. The average Bonchev–Trinajstić information content (AvgIpc) is 2.76. The van der Waals surface area contributed by atoms with Crippen molar-refractivity contribution in [1.29, 1.82) is 0 Å². The topological polar surface area (TPSA) is 94.8 Å². The summed E-state index contributed by atoms with van der Waals surface area (Å²) in [5.41, 5.74) is 2.67. The first-order valence-corrected chi connectivity index (χ1v) is 10.5. The quantitative estimate of drug-likeness (QED) is 0.327. The van der Waals surface area contributed by atoms with Gasteiger partial charge in [-0.25, -0.2) is 14.4 Å². The smallest absolute Gasteiger partial charge is 0.408 e. The summed E-state index contributed by atoms with van der Waals surface area (Å²) >= 11 is 0. The second kappa shape index (κ2) is 10.1. The minimum atomic E-state index is -0.879. The highest BCUT2D eigenvalue weighted by Crippen LogP contribution is 2.31. The maximum Gasteiger partial charge on any atom is 0.408 e. The van der Waals surface area contributed by atoms with Crippen LogP contribution in [0.4, 0.5) is 4.79 Å². The molecule has 3 aromatic rings. The molecular formula is C25H27NO6. The standard InChI is InChI=1S/C25H27NO6/c1-5-9-19(26-25(29)30-14-18-10-7-6-8-11-18)24(28)32-21-13-15(2)12-20-22(21)16(3)17(4)23(27)31-20/h6-8,10-13,19H,5,9,14H2,1-4H3,(H,26,29).